The number of nitrogens with zero attached hydrogens (tertiary/aromatic N) is 1. The molecule has 0 radical (unpaired) electrons. The van der Waals surface area contributed by atoms with Crippen LogP contribution in [-0.4, -0.2) is 33.2 Å². The number of aryl methyl sites for hydroxylation is 1. The summed E-state index contributed by atoms with van der Waals surface area (Å²) in [6.45, 7) is 3.60. The smallest absolute Gasteiger partial charge is 0.344 e. The average molecular weight is 397 g/mol. The van der Waals surface area contributed by atoms with E-state index in [0.717, 1.165) is 22.9 Å². The summed E-state index contributed by atoms with van der Waals surface area (Å²) in [4.78, 5) is 37.6. The molecule has 1 fully saturated rings. The van der Waals surface area contributed by atoms with Crippen molar-refractivity contribution in [1.29, 1.82) is 0 Å². The second-order valence-corrected chi connectivity index (χ2v) is 7.38. The number of carboxylic acid groups (broad SMARTS) is 1. The highest BCUT2D eigenvalue weighted by Gasteiger charge is 2.35. The molecule has 1 heterocycles. The van der Waals surface area contributed by atoms with Gasteiger partial charge in [-0.3, -0.25) is 14.5 Å². The Bertz CT molecular complexity index is 952. The van der Waals surface area contributed by atoms with Gasteiger partial charge in [-0.15, -0.1) is 0 Å². The molecule has 1 aliphatic heterocycles. The minimum absolute atomic E-state index is 0.205. The first-order chi connectivity index (χ1) is 13.3. The maximum atomic E-state index is 12.7. The number of hydrogen-bond donors (Lipinski definition) is 1. The summed E-state index contributed by atoms with van der Waals surface area (Å²) in [6.07, 6.45) is 0.523. The van der Waals surface area contributed by atoms with E-state index < -0.39 is 12.1 Å². The van der Waals surface area contributed by atoms with E-state index in [9.17, 15) is 14.4 Å². The van der Waals surface area contributed by atoms with Crippen molar-refractivity contribution in [1.82, 2.24) is 4.90 Å². The second-order valence-electron chi connectivity index (χ2n) is 6.39. The number of carbonyl (C=O) groups excluding carboxylic acids is 2. The predicted octanol–water partition coefficient (Wildman–Crippen LogP) is 4.08. The molecule has 3 rings (SSSR count). The molecule has 2 amide bonds. The first-order valence-electron chi connectivity index (χ1n) is 8.64. The third-order valence-electron chi connectivity index (χ3n) is 4.19. The number of carbonyl (C=O) groups is 3. The minimum atomic E-state index is -1.09. The van der Waals surface area contributed by atoms with Crippen LogP contribution in [0.15, 0.2) is 53.4 Å². The molecule has 2 aromatic carbocycles. The number of amides is 2. The highest BCUT2D eigenvalue weighted by Crippen LogP contribution is 2.35. The van der Waals surface area contributed by atoms with E-state index in [1.54, 1.807) is 30.3 Å². The first-order valence-corrected chi connectivity index (χ1v) is 9.46. The van der Waals surface area contributed by atoms with Crippen LogP contribution in [-0.2, 0) is 16.1 Å². The largest absolute Gasteiger partial charge is 0.479 e. The molecule has 1 aliphatic rings. The van der Waals surface area contributed by atoms with E-state index >= 15 is 0 Å². The summed E-state index contributed by atoms with van der Waals surface area (Å²) in [6, 6.07) is 14.4. The van der Waals surface area contributed by atoms with Crippen LogP contribution in [0.5, 0.6) is 5.75 Å². The van der Waals surface area contributed by atoms with E-state index in [4.69, 9.17) is 9.84 Å². The Morgan fingerprint density at radius 3 is 2.54 bits per heavy atom. The van der Waals surface area contributed by atoms with Gasteiger partial charge in [-0.1, -0.05) is 48.0 Å². The van der Waals surface area contributed by atoms with Gasteiger partial charge in [0.1, 0.15) is 5.75 Å². The molecule has 6 nitrogen and oxygen atoms in total. The maximum absolute atomic E-state index is 12.7. The monoisotopic (exact) mass is 397 g/mol. The van der Waals surface area contributed by atoms with Crippen molar-refractivity contribution in [2.75, 3.05) is 0 Å². The van der Waals surface area contributed by atoms with Gasteiger partial charge in [0.15, 0.2) is 6.10 Å². The average Bonchev–Trinajstić information content (AvgIpc) is 2.92. The fourth-order valence-corrected chi connectivity index (χ4v) is 3.43. The third-order valence-corrected chi connectivity index (χ3v) is 5.10. The van der Waals surface area contributed by atoms with Crippen LogP contribution in [0.4, 0.5) is 4.79 Å². The molecular formula is C21H19NO5S. The standard InChI is InChI=1S/C21H19NO5S/c1-13-7-9-15(10-8-13)12-22-19(23)18(28-21(22)26)11-16-5-3-4-6-17(16)27-14(2)20(24)25/h3-11,14H,12H2,1-2H3,(H,24,25)/b18-11+. The highest BCUT2D eigenvalue weighted by molar-refractivity contribution is 8.18. The Labute approximate surface area is 166 Å². The molecule has 0 aromatic heterocycles. The van der Waals surface area contributed by atoms with Gasteiger partial charge in [-0.2, -0.15) is 0 Å². The lowest BCUT2D eigenvalue weighted by atomic mass is 10.1. The Morgan fingerprint density at radius 1 is 1.18 bits per heavy atom. The summed E-state index contributed by atoms with van der Waals surface area (Å²) in [7, 11) is 0. The number of benzene rings is 2. The molecule has 7 heteroatoms. The van der Waals surface area contributed by atoms with Crippen molar-refractivity contribution in [3.8, 4) is 5.75 Å². The van der Waals surface area contributed by atoms with Gasteiger partial charge in [-0.05, 0) is 43.3 Å². The van der Waals surface area contributed by atoms with Gasteiger partial charge in [0.05, 0.1) is 11.4 Å². The van der Waals surface area contributed by atoms with Crippen LogP contribution in [0, 0.1) is 6.92 Å². The summed E-state index contributed by atoms with van der Waals surface area (Å²) in [5.41, 5.74) is 2.51. The van der Waals surface area contributed by atoms with Crippen molar-refractivity contribution in [3.05, 3.63) is 70.1 Å². The first kappa shape index (κ1) is 19.7. The molecule has 144 valence electrons. The number of thioether (sulfide) groups is 1. The summed E-state index contributed by atoms with van der Waals surface area (Å²) in [5.74, 6) is -1.13. The third kappa shape index (κ3) is 4.43. The van der Waals surface area contributed by atoms with Crippen LogP contribution >= 0.6 is 11.8 Å². The molecule has 1 N–H and O–H groups in total. The lowest BCUT2D eigenvalue weighted by molar-refractivity contribution is -0.144. The quantitative estimate of drug-likeness (QED) is 0.740. The van der Waals surface area contributed by atoms with Crippen LogP contribution in [0.2, 0.25) is 0 Å². The fraction of sp³-hybridized carbons (Fsp3) is 0.190. The SMILES string of the molecule is Cc1ccc(CN2C(=O)S/C(=C/c3ccccc3OC(C)C(=O)O)C2=O)cc1. The molecule has 1 saturated heterocycles. The van der Waals surface area contributed by atoms with E-state index in [1.165, 1.54) is 11.8 Å². The number of imide groups is 1. The summed E-state index contributed by atoms with van der Waals surface area (Å²) in [5, 5.41) is 8.70. The van der Waals surface area contributed by atoms with Crippen molar-refractivity contribution in [2.45, 2.75) is 26.5 Å². The molecule has 1 unspecified atom stereocenters. The molecule has 0 saturated carbocycles. The Balaban J connectivity index is 1.82. The zero-order valence-electron chi connectivity index (χ0n) is 15.4. The normalized spacial score (nSPS) is 16.5. The number of para-hydroxylation sites is 1. The molecule has 2 aromatic rings. The number of carboxylic acids is 1. The summed E-state index contributed by atoms with van der Waals surface area (Å²) >= 11 is 0.860. The zero-order chi connectivity index (χ0) is 20.3. The topological polar surface area (TPSA) is 83.9 Å². The highest BCUT2D eigenvalue weighted by atomic mass is 32.2. The van der Waals surface area contributed by atoms with Crippen LogP contribution in [0.25, 0.3) is 6.08 Å². The fourth-order valence-electron chi connectivity index (χ4n) is 2.60. The number of hydrogen-bond acceptors (Lipinski definition) is 5. The molecule has 1 atom stereocenters. The van der Waals surface area contributed by atoms with E-state index in [-0.39, 0.29) is 22.6 Å². The Morgan fingerprint density at radius 2 is 1.86 bits per heavy atom. The number of rotatable bonds is 6. The lowest BCUT2D eigenvalue weighted by Crippen LogP contribution is -2.27. The van der Waals surface area contributed by atoms with Gasteiger partial charge < -0.3 is 9.84 Å². The number of aliphatic carboxylic acids is 1. The Kier molecular flexibility index (Phi) is 5.84. The van der Waals surface area contributed by atoms with Crippen LogP contribution < -0.4 is 4.74 Å². The van der Waals surface area contributed by atoms with Crippen molar-refractivity contribution >= 4 is 35.0 Å². The molecular weight excluding hydrogens is 378 g/mol. The van der Waals surface area contributed by atoms with Gasteiger partial charge in [0.25, 0.3) is 11.1 Å². The second kappa shape index (κ2) is 8.31. The van der Waals surface area contributed by atoms with Crippen LogP contribution in [0.1, 0.15) is 23.6 Å². The van der Waals surface area contributed by atoms with Gasteiger partial charge in [-0.25, -0.2) is 4.79 Å². The maximum Gasteiger partial charge on any atom is 0.344 e. The van der Waals surface area contributed by atoms with E-state index in [2.05, 4.69) is 0 Å². The zero-order valence-corrected chi connectivity index (χ0v) is 16.2. The Hall–Kier alpha value is -3.06. The van der Waals surface area contributed by atoms with Crippen molar-refractivity contribution in [2.24, 2.45) is 0 Å². The van der Waals surface area contributed by atoms with E-state index in [1.807, 2.05) is 31.2 Å². The van der Waals surface area contributed by atoms with Crippen LogP contribution in [0.3, 0.4) is 0 Å². The molecule has 0 bridgehead atoms. The predicted molar refractivity (Wildman–Crippen MR) is 107 cm³/mol. The van der Waals surface area contributed by atoms with Gasteiger partial charge in [0, 0.05) is 5.56 Å². The van der Waals surface area contributed by atoms with Gasteiger partial charge in [0.2, 0.25) is 0 Å². The molecule has 0 spiro atoms. The van der Waals surface area contributed by atoms with Crippen molar-refractivity contribution in [3.63, 3.8) is 0 Å². The van der Waals surface area contributed by atoms with E-state index in [0.29, 0.717) is 11.3 Å². The number of ether oxygens (including phenoxy) is 1. The van der Waals surface area contributed by atoms with Gasteiger partial charge >= 0.3 is 5.97 Å². The molecule has 0 aliphatic carbocycles. The molecule has 28 heavy (non-hydrogen) atoms. The van der Waals surface area contributed by atoms with Crippen molar-refractivity contribution < 1.29 is 24.2 Å². The lowest BCUT2D eigenvalue weighted by Gasteiger charge is -2.13. The minimum Gasteiger partial charge on any atom is -0.479 e. The summed E-state index contributed by atoms with van der Waals surface area (Å²) < 4.78 is 5.45.